The molecule has 1 aromatic carbocycles. The molecule has 0 unspecified atom stereocenters. The number of hydrogen-bond acceptors (Lipinski definition) is 3. The molecule has 18 heavy (non-hydrogen) atoms. The molecule has 0 amide bonds. The maximum Gasteiger partial charge on any atom is 0.357 e. The molecule has 0 saturated heterocycles. The van der Waals surface area contributed by atoms with Crippen LogP contribution in [0.3, 0.4) is 0 Å². The van der Waals surface area contributed by atoms with E-state index in [0.717, 1.165) is 0 Å². The van der Waals surface area contributed by atoms with E-state index in [2.05, 4.69) is 4.98 Å². The Morgan fingerprint density at radius 2 is 2.17 bits per heavy atom. The van der Waals surface area contributed by atoms with Crippen LogP contribution in [0.5, 0.6) is 0 Å². The molecule has 2 aromatic rings. The highest BCUT2D eigenvalue weighted by atomic mass is 19.1. The van der Waals surface area contributed by atoms with Gasteiger partial charge < -0.3 is 4.74 Å². The van der Waals surface area contributed by atoms with Crippen molar-refractivity contribution in [3.63, 3.8) is 0 Å². The van der Waals surface area contributed by atoms with Gasteiger partial charge in [0.1, 0.15) is 5.82 Å². The van der Waals surface area contributed by atoms with E-state index in [1.807, 2.05) is 0 Å². The van der Waals surface area contributed by atoms with Crippen LogP contribution in [0.25, 0.3) is 11.1 Å². The highest BCUT2D eigenvalue weighted by Gasteiger charge is 2.15. The second kappa shape index (κ2) is 5.40. The Hall–Kier alpha value is -2.23. The number of halogens is 1. The summed E-state index contributed by atoms with van der Waals surface area (Å²) in [6.07, 6.45) is 1.51. The molecule has 4 heteroatoms. The molecule has 1 heterocycles. The van der Waals surface area contributed by atoms with Crippen LogP contribution >= 0.6 is 0 Å². The average Bonchev–Trinajstić information content (AvgIpc) is 2.39. The second-order valence-corrected chi connectivity index (χ2v) is 3.63. The third-order valence-electron chi connectivity index (χ3n) is 2.41. The minimum atomic E-state index is -0.502. The predicted octanol–water partition coefficient (Wildman–Crippen LogP) is 3.06. The Morgan fingerprint density at radius 3 is 2.89 bits per heavy atom. The molecule has 0 aliphatic heterocycles. The normalized spacial score (nSPS) is 10.1. The smallest absolute Gasteiger partial charge is 0.357 e. The molecule has 0 aliphatic rings. The first kappa shape index (κ1) is 12.2. The van der Waals surface area contributed by atoms with E-state index in [9.17, 15) is 9.18 Å². The van der Waals surface area contributed by atoms with Gasteiger partial charge in [-0.15, -0.1) is 0 Å². The van der Waals surface area contributed by atoms with E-state index in [1.165, 1.54) is 18.3 Å². The molecule has 0 aliphatic carbocycles. The molecule has 0 bridgehead atoms. The van der Waals surface area contributed by atoms with Crippen molar-refractivity contribution in [1.29, 1.82) is 0 Å². The van der Waals surface area contributed by atoms with Crippen molar-refractivity contribution in [2.45, 2.75) is 6.92 Å². The molecular weight excluding hydrogens is 233 g/mol. The molecule has 0 atom stereocenters. The fourth-order valence-electron chi connectivity index (χ4n) is 1.66. The monoisotopic (exact) mass is 245 g/mol. The molecule has 0 spiro atoms. The van der Waals surface area contributed by atoms with E-state index in [-0.39, 0.29) is 18.1 Å². The van der Waals surface area contributed by atoms with Crippen molar-refractivity contribution in [2.24, 2.45) is 0 Å². The summed E-state index contributed by atoms with van der Waals surface area (Å²) in [5, 5.41) is 0. The zero-order valence-electron chi connectivity index (χ0n) is 9.89. The minimum absolute atomic E-state index is 0.199. The number of benzene rings is 1. The molecular formula is C14H12FNO2. The topological polar surface area (TPSA) is 39.2 Å². The van der Waals surface area contributed by atoms with E-state index >= 15 is 0 Å². The fraction of sp³-hybridized carbons (Fsp3) is 0.143. The van der Waals surface area contributed by atoms with Crippen LogP contribution in [0, 0.1) is 5.82 Å². The Morgan fingerprint density at radius 1 is 1.33 bits per heavy atom. The van der Waals surface area contributed by atoms with E-state index in [4.69, 9.17) is 4.74 Å². The number of aromatic nitrogens is 1. The molecule has 0 fully saturated rings. The zero-order chi connectivity index (χ0) is 13.0. The molecule has 1 aromatic heterocycles. The highest BCUT2D eigenvalue weighted by Crippen LogP contribution is 2.23. The lowest BCUT2D eigenvalue weighted by Crippen LogP contribution is -2.08. The lowest BCUT2D eigenvalue weighted by Gasteiger charge is -2.07. The highest BCUT2D eigenvalue weighted by molar-refractivity contribution is 5.95. The van der Waals surface area contributed by atoms with Gasteiger partial charge in [-0.3, -0.25) is 0 Å². The van der Waals surface area contributed by atoms with Crippen molar-refractivity contribution < 1.29 is 13.9 Å². The molecule has 2 rings (SSSR count). The number of pyridine rings is 1. The number of ether oxygens (including phenoxy) is 1. The van der Waals surface area contributed by atoms with E-state index < -0.39 is 5.97 Å². The van der Waals surface area contributed by atoms with Gasteiger partial charge in [0.05, 0.1) is 6.61 Å². The van der Waals surface area contributed by atoms with Gasteiger partial charge in [-0.05, 0) is 30.7 Å². The van der Waals surface area contributed by atoms with Gasteiger partial charge in [0.2, 0.25) is 0 Å². The zero-order valence-corrected chi connectivity index (χ0v) is 9.89. The maximum atomic E-state index is 13.2. The molecule has 0 radical (unpaired) electrons. The third kappa shape index (κ3) is 2.53. The Kier molecular flexibility index (Phi) is 3.67. The van der Waals surface area contributed by atoms with Gasteiger partial charge in [-0.25, -0.2) is 14.2 Å². The van der Waals surface area contributed by atoms with Crippen LogP contribution in [0.15, 0.2) is 42.6 Å². The minimum Gasteiger partial charge on any atom is -0.461 e. The van der Waals surface area contributed by atoms with Gasteiger partial charge >= 0.3 is 5.97 Å². The van der Waals surface area contributed by atoms with Crippen LogP contribution < -0.4 is 0 Å². The second-order valence-electron chi connectivity index (χ2n) is 3.63. The number of nitrogens with zero attached hydrogens (tertiary/aromatic N) is 1. The molecule has 0 saturated carbocycles. The first-order valence-electron chi connectivity index (χ1n) is 5.60. The lowest BCUT2D eigenvalue weighted by molar-refractivity contribution is 0.0520. The van der Waals surface area contributed by atoms with Crippen LogP contribution in [0.2, 0.25) is 0 Å². The average molecular weight is 245 g/mol. The van der Waals surface area contributed by atoms with Crippen molar-refractivity contribution in [1.82, 2.24) is 4.98 Å². The van der Waals surface area contributed by atoms with Crippen LogP contribution in [-0.2, 0) is 4.74 Å². The van der Waals surface area contributed by atoms with Crippen molar-refractivity contribution in [3.05, 3.63) is 54.1 Å². The summed E-state index contributed by atoms with van der Waals surface area (Å²) in [6.45, 7) is 2.00. The van der Waals surface area contributed by atoms with Gasteiger partial charge in [0, 0.05) is 11.8 Å². The quantitative estimate of drug-likeness (QED) is 0.780. The summed E-state index contributed by atoms with van der Waals surface area (Å²) in [5.41, 5.74) is 1.37. The summed E-state index contributed by atoms with van der Waals surface area (Å²) in [4.78, 5) is 15.8. The van der Waals surface area contributed by atoms with Crippen molar-refractivity contribution in [3.8, 4) is 11.1 Å². The predicted molar refractivity (Wildman–Crippen MR) is 65.6 cm³/mol. The Labute approximate surface area is 104 Å². The van der Waals surface area contributed by atoms with Crippen LogP contribution in [-0.4, -0.2) is 17.6 Å². The number of carbonyl (C=O) groups excluding carboxylic acids is 1. The molecule has 3 nitrogen and oxygen atoms in total. The lowest BCUT2D eigenvalue weighted by atomic mass is 10.0. The number of esters is 1. The first-order valence-corrected chi connectivity index (χ1v) is 5.60. The van der Waals surface area contributed by atoms with Crippen molar-refractivity contribution in [2.75, 3.05) is 6.61 Å². The Bertz CT molecular complexity index is 569. The number of rotatable bonds is 3. The van der Waals surface area contributed by atoms with E-state index in [1.54, 1.807) is 31.2 Å². The summed E-state index contributed by atoms with van der Waals surface area (Å²) in [7, 11) is 0. The van der Waals surface area contributed by atoms with Crippen LogP contribution in [0.4, 0.5) is 4.39 Å². The summed E-state index contributed by atoms with van der Waals surface area (Å²) >= 11 is 0. The summed E-state index contributed by atoms with van der Waals surface area (Å²) < 4.78 is 18.1. The number of hydrogen-bond donors (Lipinski definition) is 0. The summed E-state index contributed by atoms with van der Waals surface area (Å²) in [5.74, 6) is -0.858. The van der Waals surface area contributed by atoms with Gasteiger partial charge in [0.25, 0.3) is 0 Å². The molecule has 0 N–H and O–H groups in total. The fourth-order valence-corrected chi connectivity index (χ4v) is 1.66. The standard InChI is InChI=1S/C14H12FNO2/c1-2-18-14(17)13-12(7-4-8-16-13)10-5-3-6-11(15)9-10/h3-9H,2H2,1H3. The maximum absolute atomic E-state index is 13.2. The summed E-state index contributed by atoms with van der Waals surface area (Å²) in [6, 6.07) is 9.44. The van der Waals surface area contributed by atoms with Gasteiger partial charge in [0.15, 0.2) is 5.69 Å². The van der Waals surface area contributed by atoms with E-state index in [0.29, 0.717) is 11.1 Å². The van der Waals surface area contributed by atoms with Crippen molar-refractivity contribution >= 4 is 5.97 Å². The number of carbonyl (C=O) groups is 1. The third-order valence-corrected chi connectivity index (χ3v) is 2.41. The largest absolute Gasteiger partial charge is 0.461 e. The Balaban J connectivity index is 2.48. The van der Waals surface area contributed by atoms with Gasteiger partial charge in [-0.1, -0.05) is 18.2 Å². The van der Waals surface area contributed by atoms with Crippen LogP contribution in [0.1, 0.15) is 17.4 Å². The first-order chi connectivity index (χ1) is 8.72. The SMILES string of the molecule is CCOC(=O)c1ncccc1-c1cccc(F)c1. The molecule has 92 valence electrons. The van der Waals surface area contributed by atoms with Gasteiger partial charge in [-0.2, -0.15) is 0 Å².